The summed E-state index contributed by atoms with van der Waals surface area (Å²) in [6.45, 7) is 6.80. The van der Waals surface area contributed by atoms with Crippen LogP contribution >= 0.6 is 0 Å². The smallest absolute Gasteiger partial charge is 0.253 e. The summed E-state index contributed by atoms with van der Waals surface area (Å²) in [5.74, 6) is 1.09. The zero-order valence-electron chi connectivity index (χ0n) is 13.8. The second-order valence-electron chi connectivity index (χ2n) is 5.86. The molecule has 2 aromatic heterocycles. The second kappa shape index (κ2) is 5.95. The monoisotopic (exact) mass is 313 g/mol. The highest BCUT2D eigenvalue weighted by Gasteiger charge is 2.16. The van der Waals surface area contributed by atoms with E-state index in [1.807, 2.05) is 31.9 Å². The Morgan fingerprint density at radius 3 is 2.65 bits per heavy atom. The molecule has 5 nitrogen and oxygen atoms in total. The Bertz CT molecular complexity index is 827. The van der Waals surface area contributed by atoms with E-state index in [9.17, 15) is 4.39 Å². The molecule has 3 rings (SSSR count). The lowest BCUT2D eigenvalue weighted by atomic mass is 10.0. The van der Waals surface area contributed by atoms with E-state index in [4.69, 9.17) is 0 Å². The van der Waals surface area contributed by atoms with E-state index in [0.29, 0.717) is 17.0 Å². The molecule has 0 spiro atoms. The maximum atomic E-state index is 14.4. The van der Waals surface area contributed by atoms with E-state index in [-0.39, 0.29) is 11.7 Å². The van der Waals surface area contributed by atoms with Gasteiger partial charge in [-0.05, 0) is 30.5 Å². The van der Waals surface area contributed by atoms with E-state index >= 15 is 0 Å². The molecule has 0 fully saturated rings. The summed E-state index contributed by atoms with van der Waals surface area (Å²) in [6, 6.07) is 5.16. The maximum absolute atomic E-state index is 14.4. The van der Waals surface area contributed by atoms with Gasteiger partial charge in [0.2, 0.25) is 0 Å². The fraction of sp³-hybridized carbons (Fsp3) is 0.353. The van der Waals surface area contributed by atoms with E-state index in [1.54, 1.807) is 23.1 Å². The molecule has 2 heterocycles. The first kappa shape index (κ1) is 15.4. The minimum absolute atomic E-state index is 0.102. The number of anilines is 1. The van der Waals surface area contributed by atoms with E-state index in [0.717, 1.165) is 17.7 Å². The number of aromatic nitrogens is 4. The summed E-state index contributed by atoms with van der Waals surface area (Å²) < 4.78 is 15.9. The minimum Gasteiger partial charge on any atom is -0.359 e. The van der Waals surface area contributed by atoms with Gasteiger partial charge < -0.3 is 4.90 Å². The van der Waals surface area contributed by atoms with Gasteiger partial charge in [-0.25, -0.2) is 14.1 Å². The van der Waals surface area contributed by atoms with Crippen molar-refractivity contribution in [3.05, 3.63) is 42.0 Å². The van der Waals surface area contributed by atoms with Gasteiger partial charge in [-0.15, -0.1) is 0 Å². The van der Waals surface area contributed by atoms with Crippen molar-refractivity contribution >= 4 is 16.7 Å². The molecule has 0 bridgehead atoms. The van der Waals surface area contributed by atoms with Gasteiger partial charge in [-0.2, -0.15) is 10.1 Å². The summed E-state index contributed by atoms with van der Waals surface area (Å²) in [5.41, 5.74) is 1.27. The highest BCUT2D eigenvalue weighted by molar-refractivity contribution is 5.90. The molecule has 6 heteroatoms. The SMILES string of the molecule is CCN(C)c1nc(-n2cccn2)nc2cc(F)c(C(C)C)cc12. The summed E-state index contributed by atoms with van der Waals surface area (Å²) in [6.07, 6.45) is 3.44. The van der Waals surface area contributed by atoms with E-state index < -0.39 is 0 Å². The Labute approximate surface area is 134 Å². The Balaban J connectivity index is 2.30. The Hall–Kier alpha value is -2.50. The lowest BCUT2D eigenvalue weighted by Gasteiger charge is -2.19. The van der Waals surface area contributed by atoms with Crippen LogP contribution in [-0.4, -0.2) is 33.3 Å². The van der Waals surface area contributed by atoms with Gasteiger partial charge in [0, 0.05) is 37.4 Å². The fourth-order valence-corrected chi connectivity index (χ4v) is 2.51. The van der Waals surface area contributed by atoms with Gasteiger partial charge in [-0.3, -0.25) is 0 Å². The lowest BCUT2D eigenvalue weighted by Crippen LogP contribution is -2.19. The van der Waals surface area contributed by atoms with Crippen LogP contribution in [0.1, 0.15) is 32.3 Å². The van der Waals surface area contributed by atoms with Crippen LogP contribution in [0, 0.1) is 5.82 Å². The normalized spacial score (nSPS) is 11.4. The van der Waals surface area contributed by atoms with Crippen LogP contribution in [0.4, 0.5) is 10.2 Å². The molecule has 0 aliphatic heterocycles. The topological polar surface area (TPSA) is 46.8 Å². The molecule has 23 heavy (non-hydrogen) atoms. The third kappa shape index (κ3) is 2.76. The lowest BCUT2D eigenvalue weighted by molar-refractivity contribution is 0.600. The summed E-state index contributed by atoms with van der Waals surface area (Å²) >= 11 is 0. The third-order valence-electron chi connectivity index (χ3n) is 3.95. The first-order valence-electron chi connectivity index (χ1n) is 7.73. The molecule has 0 unspecified atom stereocenters. The number of halogens is 1. The number of nitrogens with zero attached hydrogens (tertiary/aromatic N) is 5. The average molecular weight is 313 g/mol. The molecule has 0 atom stereocenters. The maximum Gasteiger partial charge on any atom is 0.253 e. The van der Waals surface area contributed by atoms with Crippen LogP contribution in [0.15, 0.2) is 30.6 Å². The second-order valence-corrected chi connectivity index (χ2v) is 5.86. The predicted octanol–water partition coefficient (Wildman–Crippen LogP) is 3.53. The van der Waals surface area contributed by atoms with Gasteiger partial charge in [0.1, 0.15) is 11.6 Å². The predicted molar refractivity (Wildman–Crippen MR) is 89.7 cm³/mol. The molecule has 3 aromatic rings. The number of hydrogen-bond donors (Lipinski definition) is 0. The largest absolute Gasteiger partial charge is 0.359 e. The average Bonchev–Trinajstić information content (AvgIpc) is 3.06. The molecule has 1 aromatic carbocycles. The molecule has 0 amide bonds. The zero-order chi connectivity index (χ0) is 16.6. The first-order chi connectivity index (χ1) is 11.0. The van der Waals surface area contributed by atoms with Crippen LogP contribution in [-0.2, 0) is 0 Å². The molecule has 0 N–H and O–H groups in total. The Morgan fingerprint density at radius 2 is 2.04 bits per heavy atom. The van der Waals surface area contributed by atoms with Crippen molar-refractivity contribution in [2.24, 2.45) is 0 Å². The summed E-state index contributed by atoms with van der Waals surface area (Å²) in [5, 5.41) is 5.02. The van der Waals surface area contributed by atoms with Gasteiger partial charge in [-0.1, -0.05) is 13.8 Å². The van der Waals surface area contributed by atoms with Crippen molar-refractivity contribution in [3.63, 3.8) is 0 Å². The molecule has 120 valence electrons. The highest BCUT2D eigenvalue weighted by Crippen LogP contribution is 2.29. The van der Waals surface area contributed by atoms with Crippen LogP contribution in [0.5, 0.6) is 0 Å². The molecular formula is C17H20FN5. The number of rotatable bonds is 4. The third-order valence-corrected chi connectivity index (χ3v) is 3.95. The van der Waals surface area contributed by atoms with Gasteiger partial charge in [0.05, 0.1) is 5.52 Å². The first-order valence-corrected chi connectivity index (χ1v) is 7.73. The number of fused-ring (bicyclic) bond motifs is 1. The standard InChI is InChI=1S/C17H20FN5/c1-5-22(4)16-13-9-12(11(2)3)14(18)10-15(13)20-17(21-16)23-8-6-7-19-23/h6-11H,5H2,1-4H3. The summed E-state index contributed by atoms with van der Waals surface area (Å²) in [4.78, 5) is 11.1. The molecule has 0 saturated carbocycles. The van der Waals surface area contributed by atoms with E-state index in [2.05, 4.69) is 22.0 Å². The van der Waals surface area contributed by atoms with E-state index in [1.165, 1.54) is 6.07 Å². The van der Waals surface area contributed by atoms with Crippen LogP contribution in [0.3, 0.4) is 0 Å². The van der Waals surface area contributed by atoms with Crippen molar-refractivity contribution in [3.8, 4) is 5.95 Å². The molecule has 0 radical (unpaired) electrons. The zero-order valence-corrected chi connectivity index (χ0v) is 13.8. The van der Waals surface area contributed by atoms with Crippen LogP contribution < -0.4 is 4.90 Å². The van der Waals surface area contributed by atoms with Crippen molar-refractivity contribution in [1.29, 1.82) is 0 Å². The Kier molecular flexibility index (Phi) is 3.98. The van der Waals surface area contributed by atoms with Crippen molar-refractivity contribution < 1.29 is 4.39 Å². The molecular weight excluding hydrogens is 293 g/mol. The molecule has 0 aliphatic rings. The van der Waals surface area contributed by atoms with Gasteiger partial charge in [0.15, 0.2) is 0 Å². The minimum atomic E-state index is -0.234. The Morgan fingerprint density at radius 1 is 1.26 bits per heavy atom. The van der Waals surface area contributed by atoms with Crippen LogP contribution in [0.25, 0.3) is 16.9 Å². The summed E-state index contributed by atoms with van der Waals surface area (Å²) in [7, 11) is 1.97. The fourth-order valence-electron chi connectivity index (χ4n) is 2.51. The van der Waals surface area contributed by atoms with Crippen molar-refractivity contribution in [1.82, 2.24) is 19.7 Å². The highest BCUT2D eigenvalue weighted by atomic mass is 19.1. The molecule has 0 saturated heterocycles. The van der Waals surface area contributed by atoms with Crippen molar-refractivity contribution in [2.45, 2.75) is 26.7 Å². The van der Waals surface area contributed by atoms with Gasteiger partial charge >= 0.3 is 0 Å². The van der Waals surface area contributed by atoms with Crippen LogP contribution in [0.2, 0.25) is 0 Å². The van der Waals surface area contributed by atoms with Gasteiger partial charge in [0.25, 0.3) is 5.95 Å². The number of benzene rings is 1. The molecule has 0 aliphatic carbocycles. The number of hydrogen-bond acceptors (Lipinski definition) is 4. The quantitative estimate of drug-likeness (QED) is 0.739. The van der Waals surface area contributed by atoms with Crippen molar-refractivity contribution in [2.75, 3.05) is 18.5 Å².